The van der Waals surface area contributed by atoms with Crippen LogP contribution in [0.15, 0.2) is 29.6 Å². The van der Waals surface area contributed by atoms with Crippen molar-refractivity contribution in [3.05, 3.63) is 30.0 Å². The zero-order valence-corrected chi connectivity index (χ0v) is 8.14. The number of aryl methyl sites for hydroxylation is 1. The Morgan fingerprint density at radius 1 is 1.50 bits per heavy atom. The SMILES string of the molecule is CO/N=C/c1ccc2c(cnn2C)c1. The van der Waals surface area contributed by atoms with E-state index < -0.39 is 0 Å². The van der Waals surface area contributed by atoms with Crippen LogP contribution in [-0.2, 0) is 11.9 Å². The zero-order chi connectivity index (χ0) is 9.97. The van der Waals surface area contributed by atoms with Crippen molar-refractivity contribution in [2.24, 2.45) is 12.2 Å². The molecule has 0 aliphatic rings. The van der Waals surface area contributed by atoms with Gasteiger partial charge >= 0.3 is 0 Å². The molecule has 0 saturated heterocycles. The first-order valence-corrected chi connectivity index (χ1v) is 4.29. The lowest BCUT2D eigenvalue weighted by atomic mass is 10.2. The Hall–Kier alpha value is -1.84. The van der Waals surface area contributed by atoms with Crippen LogP contribution in [0.2, 0.25) is 0 Å². The highest BCUT2D eigenvalue weighted by Crippen LogP contribution is 2.13. The maximum absolute atomic E-state index is 4.61. The molecular weight excluding hydrogens is 178 g/mol. The molecule has 0 atom stereocenters. The lowest BCUT2D eigenvalue weighted by Gasteiger charge is -1.95. The third-order valence-electron chi connectivity index (χ3n) is 2.08. The van der Waals surface area contributed by atoms with E-state index in [4.69, 9.17) is 0 Å². The fourth-order valence-electron chi connectivity index (χ4n) is 1.38. The van der Waals surface area contributed by atoms with Crippen LogP contribution >= 0.6 is 0 Å². The van der Waals surface area contributed by atoms with Gasteiger partial charge in [0.15, 0.2) is 0 Å². The largest absolute Gasteiger partial charge is 0.399 e. The average molecular weight is 189 g/mol. The van der Waals surface area contributed by atoms with E-state index in [1.807, 2.05) is 36.1 Å². The first-order valence-electron chi connectivity index (χ1n) is 4.29. The first kappa shape index (κ1) is 8.74. The van der Waals surface area contributed by atoms with Crippen LogP contribution in [0.25, 0.3) is 10.9 Å². The van der Waals surface area contributed by atoms with E-state index in [-0.39, 0.29) is 0 Å². The molecule has 2 aromatic rings. The van der Waals surface area contributed by atoms with E-state index in [1.165, 1.54) is 7.11 Å². The Bertz CT molecular complexity index is 473. The highest BCUT2D eigenvalue weighted by Gasteiger charge is 1.98. The summed E-state index contributed by atoms with van der Waals surface area (Å²) in [5.41, 5.74) is 2.12. The smallest absolute Gasteiger partial charge is 0.106 e. The van der Waals surface area contributed by atoms with Gasteiger partial charge in [-0.2, -0.15) is 5.10 Å². The molecule has 1 aromatic heterocycles. The van der Waals surface area contributed by atoms with Crippen molar-refractivity contribution in [3.8, 4) is 0 Å². The van der Waals surface area contributed by atoms with E-state index >= 15 is 0 Å². The number of nitrogens with zero attached hydrogens (tertiary/aromatic N) is 3. The molecule has 0 spiro atoms. The van der Waals surface area contributed by atoms with Crippen molar-refractivity contribution < 1.29 is 4.84 Å². The maximum Gasteiger partial charge on any atom is 0.106 e. The molecule has 4 heteroatoms. The van der Waals surface area contributed by atoms with Crippen molar-refractivity contribution in [2.45, 2.75) is 0 Å². The van der Waals surface area contributed by atoms with Gasteiger partial charge in [-0.25, -0.2) is 0 Å². The van der Waals surface area contributed by atoms with Gasteiger partial charge in [-0.3, -0.25) is 4.68 Å². The fourth-order valence-corrected chi connectivity index (χ4v) is 1.38. The molecule has 0 aliphatic carbocycles. The summed E-state index contributed by atoms with van der Waals surface area (Å²) in [6, 6.07) is 6.01. The lowest BCUT2D eigenvalue weighted by Crippen LogP contribution is -1.88. The highest BCUT2D eigenvalue weighted by molar-refractivity contribution is 5.88. The monoisotopic (exact) mass is 189 g/mol. The van der Waals surface area contributed by atoms with E-state index in [2.05, 4.69) is 15.1 Å². The first-order chi connectivity index (χ1) is 6.81. The molecule has 0 bridgehead atoms. The third kappa shape index (κ3) is 1.46. The summed E-state index contributed by atoms with van der Waals surface area (Å²) in [7, 11) is 3.45. The van der Waals surface area contributed by atoms with Gasteiger partial charge in [-0.05, 0) is 17.7 Å². The molecule has 0 N–H and O–H groups in total. The summed E-state index contributed by atoms with van der Waals surface area (Å²) in [6.07, 6.45) is 3.51. The average Bonchev–Trinajstić information content (AvgIpc) is 2.57. The van der Waals surface area contributed by atoms with Gasteiger partial charge in [0.25, 0.3) is 0 Å². The molecule has 0 unspecified atom stereocenters. The Balaban J connectivity index is 2.47. The molecule has 2 rings (SSSR count). The van der Waals surface area contributed by atoms with E-state index in [0.29, 0.717) is 0 Å². The molecule has 4 nitrogen and oxygen atoms in total. The number of benzene rings is 1. The van der Waals surface area contributed by atoms with Gasteiger partial charge in [0.05, 0.1) is 17.9 Å². The Morgan fingerprint density at radius 3 is 3.14 bits per heavy atom. The molecule has 0 radical (unpaired) electrons. The van der Waals surface area contributed by atoms with Gasteiger partial charge in [0.1, 0.15) is 7.11 Å². The van der Waals surface area contributed by atoms with Crippen LogP contribution in [0.3, 0.4) is 0 Å². The fraction of sp³-hybridized carbons (Fsp3) is 0.200. The van der Waals surface area contributed by atoms with Crippen molar-refractivity contribution in [3.63, 3.8) is 0 Å². The molecule has 0 amide bonds. The lowest BCUT2D eigenvalue weighted by molar-refractivity contribution is 0.215. The second-order valence-electron chi connectivity index (χ2n) is 3.00. The highest BCUT2D eigenvalue weighted by atomic mass is 16.6. The number of rotatable bonds is 2. The van der Waals surface area contributed by atoms with Crippen molar-refractivity contribution in [1.82, 2.24) is 9.78 Å². The normalized spacial score (nSPS) is 11.3. The predicted octanol–water partition coefficient (Wildman–Crippen LogP) is 1.55. The summed E-state index contributed by atoms with van der Waals surface area (Å²) < 4.78 is 1.84. The van der Waals surface area contributed by atoms with Crippen LogP contribution in [0, 0.1) is 0 Å². The minimum absolute atomic E-state index is 1.01. The molecule has 0 fully saturated rings. The van der Waals surface area contributed by atoms with Crippen molar-refractivity contribution in [2.75, 3.05) is 7.11 Å². The van der Waals surface area contributed by atoms with Crippen LogP contribution in [0.4, 0.5) is 0 Å². The van der Waals surface area contributed by atoms with Gasteiger partial charge in [0, 0.05) is 12.4 Å². The van der Waals surface area contributed by atoms with Crippen LogP contribution in [-0.4, -0.2) is 23.1 Å². The topological polar surface area (TPSA) is 39.4 Å². The van der Waals surface area contributed by atoms with E-state index in [1.54, 1.807) is 6.21 Å². The Morgan fingerprint density at radius 2 is 2.36 bits per heavy atom. The second kappa shape index (κ2) is 3.49. The van der Waals surface area contributed by atoms with Gasteiger partial charge in [-0.1, -0.05) is 11.2 Å². The van der Waals surface area contributed by atoms with Crippen molar-refractivity contribution >= 4 is 17.1 Å². The van der Waals surface area contributed by atoms with Crippen molar-refractivity contribution in [1.29, 1.82) is 0 Å². The third-order valence-corrected chi connectivity index (χ3v) is 2.08. The summed E-state index contributed by atoms with van der Waals surface area (Å²) in [4.78, 5) is 4.61. The van der Waals surface area contributed by atoms with Crippen LogP contribution in [0.1, 0.15) is 5.56 Å². The predicted molar refractivity (Wildman–Crippen MR) is 55.3 cm³/mol. The maximum atomic E-state index is 4.61. The second-order valence-corrected chi connectivity index (χ2v) is 3.00. The van der Waals surface area contributed by atoms with Crippen LogP contribution < -0.4 is 0 Å². The summed E-state index contributed by atoms with van der Waals surface area (Å²) >= 11 is 0. The quantitative estimate of drug-likeness (QED) is 0.531. The summed E-state index contributed by atoms with van der Waals surface area (Å²) in [5.74, 6) is 0. The molecule has 1 heterocycles. The number of hydrogen-bond donors (Lipinski definition) is 0. The minimum atomic E-state index is 1.01. The zero-order valence-electron chi connectivity index (χ0n) is 8.14. The van der Waals surface area contributed by atoms with E-state index in [0.717, 1.165) is 16.5 Å². The number of oxime groups is 1. The minimum Gasteiger partial charge on any atom is -0.399 e. The van der Waals surface area contributed by atoms with Gasteiger partial charge in [0.2, 0.25) is 0 Å². The van der Waals surface area contributed by atoms with Gasteiger partial charge < -0.3 is 4.84 Å². The van der Waals surface area contributed by atoms with E-state index in [9.17, 15) is 0 Å². The number of aromatic nitrogens is 2. The molecule has 14 heavy (non-hydrogen) atoms. The number of fused-ring (bicyclic) bond motifs is 1. The molecule has 1 aromatic carbocycles. The Kier molecular flexibility index (Phi) is 2.18. The number of hydrogen-bond acceptors (Lipinski definition) is 3. The molecule has 0 aliphatic heterocycles. The summed E-state index contributed by atoms with van der Waals surface area (Å²) in [6.45, 7) is 0. The van der Waals surface area contributed by atoms with Gasteiger partial charge in [-0.15, -0.1) is 0 Å². The molecule has 72 valence electrons. The molecule has 0 saturated carbocycles. The van der Waals surface area contributed by atoms with Crippen LogP contribution in [0.5, 0.6) is 0 Å². The standard InChI is InChI=1S/C10H11N3O/c1-13-10-4-3-8(6-12-14-2)5-9(10)7-11-13/h3-7H,1-2H3/b12-6+. The summed E-state index contributed by atoms with van der Waals surface area (Å²) in [5, 5.41) is 8.97. The Labute approximate surface area is 81.8 Å². The molecular formula is C10H11N3O.